The number of pyridine rings is 1. The Bertz CT molecular complexity index is 948. The van der Waals surface area contributed by atoms with E-state index in [4.69, 9.17) is 9.98 Å². The number of nitrogens with one attached hydrogen (secondary N) is 1. The average molecular weight is 391 g/mol. The highest BCUT2D eigenvalue weighted by molar-refractivity contribution is 8.17. The molecule has 2 atom stereocenters. The minimum Gasteiger partial charge on any atom is -0.295 e. The number of hydrogen-bond acceptors (Lipinski definition) is 5. The summed E-state index contributed by atoms with van der Waals surface area (Å²) in [7, 11) is 0. The number of fused-ring (bicyclic) bond motifs is 1. The molecular formula is C23H26N4S. The molecule has 2 aliphatic rings. The van der Waals surface area contributed by atoms with Gasteiger partial charge in [0.15, 0.2) is 5.84 Å². The molecule has 4 nitrogen and oxygen atoms in total. The number of aliphatic imine (C=N–C) groups is 2. The van der Waals surface area contributed by atoms with Crippen molar-refractivity contribution in [1.82, 2.24) is 10.3 Å². The number of nitrogens with zero attached hydrogens (tertiary/aromatic N) is 3. The third kappa shape index (κ3) is 3.69. The zero-order chi connectivity index (χ0) is 19.6. The predicted molar refractivity (Wildman–Crippen MR) is 119 cm³/mol. The van der Waals surface area contributed by atoms with Crippen molar-refractivity contribution in [3.63, 3.8) is 0 Å². The van der Waals surface area contributed by atoms with Crippen molar-refractivity contribution in [2.45, 2.75) is 39.8 Å². The van der Waals surface area contributed by atoms with Gasteiger partial charge in [-0.2, -0.15) is 0 Å². The second kappa shape index (κ2) is 8.02. The van der Waals surface area contributed by atoms with E-state index in [1.54, 1.807) is 11.8 Å². The van der Waals surface area contributed by atoms with Gasteiger partial charge in [0.05, 0.1) is 10.5 Å². The Morgan fingerprint density at radius 1 is 1.07 bits per heavy atom. The summed E-state index contributed by atoms with van der Waals surface area (Å²) in [6.45, 7) is 7.34. The van der Waals surface area contributed by atoms with Gasteiger partial charge in [0.1, 0.15) is 11.9 Å². The van der Waals surface area contributed by atoms with E-state index >= 15 is 0 Å². The Kier molecular flexibility index (Phi) is 5.47. The molecule has 1 aromatic carbocycles. The molecule has 2 unspecified atom stereocenters. The Balaban J connectivity index is 1.52. The van der Waals surface area contributed by atoms with E-state index in [0.717, 1.165) is 41.7 Å². The summed E-state index contributed by atoms with van der Waals surface area (Å²) in [6.07, 6.45) is 2.11. The summed E-state index contributed by atoms with van der Waals surface area (Å²) < 4.78 is 0. The first kappa shape index (κ1) is 19.1. The molecule has 144 valence electrons. The fraction of sp³-hybridized carbons (Fsp3) is 0.348. The number of rotatable bonds is 6. The van der Waals surface area contributed by atoms with Crippen LogP contribution < -0.4 is 5.32 Å². The molecule has 0 saturated heterocycles. The Morgan fingerprint density at radius 3 is 2.68 bits per heavy atom. The van der Waals surface area contributed by atoms with Crippen LogP contribution >= 0.6 is 11.8 Å². The molecule has 0 saturated carbocycles. The predicted octanol–water partition coefficient (Wildman–Crippen LogP) is 4.75. The van der Waals surface area contributed by atoms with Gasteiger partial charge in [0.25, 0.3) is 0 Å². The molecule has 1 N–H and O–H groups in total. The topological polar surface area (TPSA) is 49.6 Å². The fourth-order valence-corrected chi connectivity index (χ4v) is 4.82. The molecule has 0 radical (unpaired) electrons. The molecule has 2 aliphatic heterocycles. The van der Waals surface area contributed by atoms with Crippen LogP contribution in [0.15, 0.2) is 69.5 Å². The molecule has 3 heterocycles. The SMILES string of the molecule is CC1=CSC2=NC(c3cccc(C)n3)=NC(NCCCc3ccccc3)C12C. The van der Waals surface area contributed by atoms with Crippen molar-refractivity contribution in [2.24, 2.45) is 15.4 Å². The van der Waals surface area contributed by atoms with Crippen LogP contribution in [0, 0.1) is 12.3 Å². The third-order valence-electron chi connectivity index (χ3n) is 5.56. The van der Waals surface area contributed by atoms with E-state index in [-0.39, 0.29) is 11.6 Å². The molecule has 1 aromatic heterocycles. The average Bonchev–Trinajstić information content (AvgIpc) is 3.01. The van der Waals surface area contributed by atoms with Gasteiger partial charge in [-0.1, -0.05) is 53.7 Å². The standard InChI is InChI=1S/C23H26N4S/c1-16-15-28-22-23(16,3)21(24-14-8-12-18-10-5-4-6-11-18)26-20(27-22)19-13-7-9-17(2)25-19/h4-7,9-11,13,15,21,24H,8,12,14H2,1-3H3. The number of benzene rings is 1. The number of thioether (sulfide) groups is 1. The summed E-state index contributed by atoms with van der Waals surface area (Å²) in [6, 6.07) is 16.6. The van der Waals surface area contributed by atoms with Crippen LogP contribution in [0.25, 0.3) is 0 Å². The molecule has 2 aromatic rings. The van der Waals surface area contributed by atoms with Gasteiger partial charge in [0.2, 0.25) is 0 Å². The third-order valence-corrected chi connectivity index (χ3v) is 6.77. The summed E-state index contributed by atoms with van der Waals surface area (Å²) in [5.41, 5.74) is 4.34. The molecule has 4 rings (SSSR count). The smallest absolute Gasteiger partial charge is 0.175 e. The highest BCUT2D eigenvalue weighted by atomic mass is 32.2. The van der Waals surface area contributed by atoms with Crippen molar-refractivity contribution in [1.29, 1.82) is 0 Å². The van der Waals surface area contributed by atoms with Crippen LogP contribution in [0.4, 0.5) is 0 Å². The summed E-state index contributed by atoms with van der Waals surface area (Å²) in [5.74, 6) is 0.729. The van der Waals surface area contributed by atoms with E-state index < -0.39 is 0 Å². The van der Waals surface area contributed by atoms with Crippen molar-refractivity contribution >= 4 is 22.6 Å². The van der Waals surface area contributed by atoms with Gasteiger partial charge in [-0.05, 0) is 63.3 Å². The van der Waals surface area contributed by atoms with Gasteiger partial charge in [0, 0.05) is 5.69 Å². The van der Waals surface area contributed by atoms with Crippen molar-refractivity contribution in [3.8, 4) is 0 Å². The Hall–Kier alpha value is -2.24. The van der Waals surface area contributed by atoms with Gasteiger partial charge in [-0.25, -0.2) is 15.0 Å². The van der Waals surface area contributed by atoms with Crippen LogP contribution in [0.5, 0.6) is 0 Å². The van der Waals surface area contributed by atoms with Gasteiger partial charge in [-0.3, -0.25) is 5.32 Å². The lowest BCUT2D eigenvalue weighted by molar-refractivity contribution is 0.365. The maximum absolute atomic E-state index is 5.00. The van der Waals surface area contributed by atoms with Crippen LogP contribution in [-0.4, -0.2) is 28.6 Å². The fourth-order valence-electron chi connectivity index (χ4n) is 3.63. The summed E-state index contributed by atoms with van der Waals surface area (Å²) in [5, 5.41) is 7.02. The van der Waals surface area contributed by atoms with Gasteiger partial charge in [-0.15, -0.1) is 0 Å². The van der Waals surface area contributed by atoms with Crippen molar-refractivity contribution in [2.75, 3.05) is 6.54 Å². The van der Waals surface area contributed by atoms with E-state index in [1.165, 1.54) is 11.1 Å². The maximum atomic E-state index is 5.00. The minimum atomic E-state index is -0.176. The molecule has 0 fully saturated rings. The zero-order valence-electron chi connectivity index (χ0n) is 16.6. The van der Waals surface area contributed by atoms with Gasteiger partial charge >= 0.3 is 0 Å². The lowest BCUT2D eigenvalue weighted by Gasteiger charge is -2.36. The van der Waals surface area contributed by atoms with E-state index in [0.29, 0.717) is 0 Å². The van der Waals surface area contributed by atoms with E-state index in [9.17, 15) is 0 Å². The lowest BCUT2D eigenvalue weighted by Crippen LogP contribution is -2.49. The largest absolute Gasteiger partial charge is 0.295 e. The summed E-state index contributed by atoms with van der Waals surface area (Å²) >= 11 is 1.72. The number of aromatic nitrogens is 1. The van der Waals surface area contributed by atoms with Crippen molar-refractivity contribution in [3.05, 3.63) is 76.5 Å². The van der Waals surface area contributed by atoms with Crippen LogP contribution in [0.1, 0.15) is 37.2 Å². The van der Waals surface area contributed by atoms with Crippen LogP contribution in [0.2, 0.25) is 0 Å². The lowest BCUT2D eigenvalue weighted by atomic mass is 9.80. The van der Waals surface area contributed by atoms with E-state index in [1.807, 2.05) is 25.1 Å². The first-order chi connectivity index (χ1) is 13.6. The highest BCUT2D eigenvalue weighted by Crippen LogP contribution is 2.46. The maximum Gasteiger partial charge on any atom is 0.175 e. The normalized spacial score (nSPS) is 23.7. The monoisotopic (exact) mass is 390 g/mol. The van der Waals surface area contributed by atoms with Crippen LogP contribution in [-0.2, 0) is 6.42 Å². The van der Waals surface area contributed by atoms with Crippen LogP contribution in [0.3, 0.4) is 0 Å². The minimum absolute atomic E-state index is 0.0284. The highest BCUT2D eigenvalue weighted by Gasteiger charge is 2.46. The second-order valence-electron chi connectivity index (χ2n) is 7.60. The quantitative estimate of drug-likeness (QED) is 0.724. The number of aryl methyl sites for hydroxylation is 2. The summed E-state index contributed by atoms with van der Waals surface area (Å²) in [4.78, 5) is 14.5. The zero-order valence-corrected chi connectivity index (χ0v) is 17.5. The van der Waals surface area contributed by atoms with Crippen molar-refractivity contribution < 1.29 is 0 Å². The molecular weight excluding hydrogens is 364 g/mol. The number of amidine groups is 1. The number of hydrogen-bond donors (Lipinski definition) is 1. The molecule has 5 heteroatoms. The molecule has 0 bridgehead atoms. The second-order valence-corrected chi connectivity index (χ2v) is 8.46. The van der Waals surface area contributed by atoms with Gasteiger partial charge < -0.3 is 0 Å². The Morgan fingerprint density at radius 2 is 1.89 bits per heavy atom. The van der Waals surface area contributed by atoms with E-state index in [2.05, 4.69) is 59.9 Å². The molecule has 28 heavy (non-hydrogen) atoms. The first-order valence-corrected chi connectivity index (χ1v) is 10.7. The molecule has 0 aliphatic carbocycles. The molecule has 0 spiro atoms. The first-order valence-electron chi connectivity index (χ1n) is 9.79. The Labute approximate surface area is 171 Å². The molecule has 0 amide bonds.